The average molecular weight is 449 g/mol. The van der Waals surface area contributed by atoms with Gasteiger partial charge in [-0.1, -0.05) is 6.07 Å². The van der Waals surface area contributed by atoms with Gasteiger partial charge in [0.05, 0.1) is 13.2 Å². The van der Waals surface area contributed by atoms with E-state index in [4.69, 9.17) is 4.74 Å². The molecule has 0 radical (unpaired) electrons. The Hall–Kier alpha value is -3.21. The van der Waals surface area contributed by atoms with Crippen molar-refractivity contribution in [2.24, 2.45) is 5.92 Å². The van der Waals surface area contributed by atoms with Crippen LogP contribution in [0.5, 0.6) is 5.88 Å². The van der Waals surface area contributed by atoms with Crippen LogP contribution in [-0.2, 0) is 6.18 Å². The van der Waals surface area contributed by atoms with Crippen LogP contribution in [0.25, 0.3) is 11.0 Å². The Morgan fingerprint density at radius 3 is 2.66 bits per heavy atom. The lowest BCUT2D eigenvalue weighted by Gasteiger charge is -2.27. The number of aliphatic hydroxyl groups is 1. The van der Waals surface area contributed by atoms with Gasteiger partial charge in [-0.15, -0.1) is 0 Å². The van der Waals surface area contributed by atoms with E-state index >= 15 is 0 Å². The number of rotatable bonds is 5. The maximum atomic E-state index is 12.9. The predicted octanol–water partition coefficient (Wildman–Crippen LogP) is 3.83. The fourth-order valence-electron chi connectivity index (χ4n) is 3.89. The lowest BCUT2D eigenvalue weighted by Crippen LogP contribution is -2.20. The quantitative estimate of drug-likeness (QED) is 0.614. The summed E-state index contributed by atoms with van der Waals surface area (Å²) in [6, 6.07) is 4.93. The minimum Gasteiger partial charge on any atom is -0.479 e. The van der Waals surface area contributed by atoms with Crippen molar-refractivity contribution < 1.29 is 27.8 Å². The number of halogens is 3. The second kappa shape index (κ2) is 8.73. The van der Waals surface area contributed by atoms with Gasteiger partial charge in [-0.05, 0) is 49.8 Å². The summed E-state index contributed by atoms with van der Waals surface area (Å²) >= 11 is 0. The molecule has 0 atom stereocenters. The predicted molar refractivity (Wildman–Crippen MR) is 109 cm³/mol. The number of alkyl halides is 3. The van der Waals surface area contributed by atoms with E-state index < -0.39 is 17.8 Å². The minimum atomic E-state index is -4.65. The van der Waals surface area contributed by atoms with Crippen LogP contribution in [0.15, 0.2) is 30.5 Å². The summed E-state index contributed by atoms with van der Waals surface area (Å²) in [6.45, 7) is 0.191. The van der Waals surface area contributed by atoms with E-state index in [1.54, 1.807) is 6.07 Å². The molecule has 3 aromatic rings. The molecule has 8 nitrogen and oxygen atoms in total. The fraction of sp³-hybridized carbons (Fsp3) is 0.429. The second-order valence-electron chi connectivity index (χ2n) is 7.78. The Bertz CT molecular complexity index is 1120. The zero-order chi connectivity index (χ0) is 22.9. The summed E-state index contributed by atoms with van der Waals surface area (Å²) in [7, 11) is 1.37. The van der Waals surface area contributed by atoms with E-state index in [9.17, 15) is 23.1 Å². The van der Waals surface area contributed by atoms with Crippen LogP contribution in [0.1, 0.15) is 47.9 Å². The van der Waals surface area contributed by atoms with E-state index in [1.165, 1.54) is 13.2 Å². The summed E-state index contributed by atoms with van der Waals surface area (Å²) in [4.78, 5) is 20.3. The van der Waals surface area contributed by atoms with Gasteiger partial charge in [0.2, 0.25) is 5.88 Å². The standard InChI is InChI=1S/C21H22F3N5O3/c1-32-20-16(26-19(31)15-3-2-4-17(25-15)21(22,23)24)9-13-10-29(28-18(13)27-20)14-7-5-12(11-30)6-8-14/h2-4,9-10,12,14,30H,5-8,11H2,1H3,(H,26,31). The highest BCUT2D eigenvalue weighted by atomic mass is 19.4. The van der Waals surface area contributed by atoms with Crippen LogP contribution in [-0.4, -0.2) is 44.5 Å². The topological polar surface area (TPSA) is 102 Å². The van der Waals surface area contributed by atoms with Crippen molar-refractivity contribution in [3.05, 3.63) is 41.9 Å². The van der Waals surface area contributed by atoms with Crippen LogP contribution in [0.2, 0.25) is 0 Å². The maximum Gasteiger partial charge on any atom is 0.433 e. The van der Waals surface area contributed by atoms with Gasteiger partial charge in [-0.3, -0.25) is 9.48 Å². The summed E-state index contributed by atoms with van der Waals surface area (Å²) < 4.78 is 45.8. The Kier molecular flexibility index (Phi) is 6.00. The molecule has 3 heterocycles. The SMILES string of the molecule is COc1nc2nn(C3CCC(CO)CC3)cc2cc1NC(=O)c1cccc(C(F)(F)F)n1. The summed E-state index contributed by atoms with van der Waals surface area (Å²) in [5.74, 6) is -0.405. The highest BCUT2D eigenvalue weighted by Gasteiger charge is 2.33. The van der Waals surface area contributed by atoms with Crippen molar-refractivity contribution in [3.63, 3.8) is 0 Å². The van der Waals surface area contributed by atoms with E-state index in [0.717, 1.165) is 37.8 Å². The third-order valence-corrected chi connectivity index (χ3v) is 5.64. The van der Waals surface area contributed by atoms with Crippen LogP contribution >= 0.6 is 0 Å². The third kappa shape index (κ3) is 4.52. The number of amides is 1. The number of aliphatic hydroxyl groups excluding tert-OH is 1. The van der Waals surface area contributed by atoms with Gasteiger partial charge in [0.25, 0.3) is 5.91 Å². The first kappa shape index (κ1) is 22.0. The maximum absolute atomic E-state index is 12.9. The van der Waals surface area contributed by atoms with Gasteiger partial charge in [-0.2, -0.15) is 23.3 Å². The molecular weight excluding hydrogens is 427 g/mol. The number of aromatic nitrogens is 4. The number of hydrogen-bond donors (Lipinski definition) is 2. The van der Waals surface area contributed by atoms with E-state index in [0.29, 0.717) is 17.0 Å². The second-order valence-corrected chi connectivity index (χ2v) is 7.78. The molecule has 0 aliphatic heterocycles. The molecule has 0 unspecified atom stereocenters. The van der Waals surface area contributed by atoms with Crippen molar-refractivity contribution in [1.29, 1.82) is 0 Å². The van der Waals surface area contributed by atoms with Gasteiger partial charge in [0, 0.05) is 18.2 Å². The number of carbonyl (C=O) groups is 1. The zero-order valence-electron chi connectivity index (χ0n) is 17.3. The summed E-state index contributed by atoms with van der Waals surface area (Å²) in [5.41, 5.74) is -0.893. The molecule has 0 spiro atoms. The average Bonchev–Trinajstić information content (AvgIpc) is 3.21. The number of nitrogens with one attached hydrogen (secondary N) is 1. The van der Waals surface area contributed by atoms with Crippen LogP contribution in [0.4, 0.5) is 18.9 Å². The molecule has 170 valence electrons. The number of fused-ring (bicyclic) bond motifs is 1. The Labute approximate surface area is 181 Å². The van der Waals surface area contributed by atoms with Crippen molar-refractivity contribution in [2.45, 2.75) is 37.9 Å². The van der Waals surface area contributed by atoms with Crippen LogP contribution in [0.3, 0.4) is 0 Å². The fourth-order valence-corrected chi connectivity index (χ4v) is 3.89. The number of methoxy groups -OCH3 is 1. The molecule has 0 aromatic carbocycles. The number of nitrogens with zero attached hydrogens (tertiary/aromatic N) is 4. The Balaban J connectivity index is 1.58. The normalized spacial score (nSPS) is 19.2. The molecule has 0 bridgehead atoms. The molecule has 1 saturated carbocycles. The van der Waals surface area contributed by atoms with E-state index in [2.05, 4.69) is 20.4 Å². The molecule has 2 N–H and O–H groups in total. The van der Waals surface area contributed by atoms with Crippen LogP contribution in [0, 0.1) is 5.92 Å². The van der Waals surface area contributed by atoms with E-state index in [-0.39, 0.29) is 29.9 Å². The molecule has 4 rings (SSSR count). The smallest absolute Gasteiger partial charge is 0.433 e. The molecule has 1 aliphatic carbocycles. The van der Waals surface area contributed by atoms with Crippen molar-refractivity contribution in [3.8, 4) is 5.88 Å². The van der Waals surface area contributed by atoms with Crippen molar-refractivity contribution in [1.82, 2.24) is 19.7 Å². The highest BCUT2D eigenvalue weighted by molar-refractivity contribution is 6.04. The number of hydrogen-bond acceptors (Lipinski definition) is 6. The molecule has 32 heavy (non-hydrogen) atoms. The molecule has 1 aliphatic rings. The largest absolute Gasteiger partial charge is 0.479 e. The van der Waals surface area contributed by atoms with Crippen molar-refractivity contribution >= 4 is 22.6 Å². The Morgan fingerprint density at radius 2 is 2.00 bits per heavy atom. The number of carbonyl (C=O) groups excluding carboxylic acids is 1. The van der Waals surface area contributed by atoms with Gasteiger partial charge in [0.1, 0.15) is 17.1 Å². The minimum absolute atomic E-state index is 0.0899. The molecule has 3 aromatic heterocycles. The monoisotopic (exact) mass is 449 g/mol. The lowest BCUT2D eigenvalue weighted by atomic mass is 9.87. The first-order valence-electron chi connectivity index (χ1n) is 10.2. The molecule has 11 heteroatoms. The summed E-state index contributed by atoms with van der Waals surface area (Å²) in [5, 5.41) is 17.0. The van der Waals surface area contributed by atoms with E-state index in [1.807, 2.05) is 10.9 Å². The third-order valence-electron chi connectivity index (χ3n) is 5.64. The molecule has 1 fully saturated rings. The number of pyridine rings is 2. The lowest BCUT2D eigenvalue weighted by molar-refractivity contribution is -0.141. The van der Waals surface area contributed by atoms with Gasteiger partial charge >= 0.3 is 6.18 Å². The highest BCUT2D eigenvalue weighted by Crippen LogP contribution is 2.34. The first-order chi connectivity index (χ1) is 15.3. The molecular formula is C21H22F3N5O3. The van der Waals surface area contributed by atoms with Gasteiger partial charge < -0.3 is 15.2 Å². The first-order valence-corrected chi connectivity index (χ1v) is 10.2. The Morgan fingerprint density at radius 1 is 1.25 bits per heavy atom. The number of anilines is 1. The molecule has 1 amide bonds. The van der Waals surface area contributed by atoms with Crippen molar-refractivity contribution in [2.75, 3.05) is 19.0 Å². The van der Waals surface area contributed by atoms with Crippen LogP contribution < -0.4 is 10.1 Å². The molecule has 0 saturated heterocycles. The van der Waals surface area contributed by atoms with Gasteiger partial charge in [0.15, 0.2) is 5.65 Å². The zero-order valence-corrected chi connectivity index (χ0v) is 17.3. The number of ether oxygens (including phenoxy) is 1. The van der Waals surface area contributed by atoms with Gasteiger partial charge in [-0.25, -0.2) is 4.98 Å². The summed E-state index contributed by atoms with van der Waals surface area (Å²) in [6.07, 6.45) is 0.782.